The van der Waals surface area contributed by atoms with Crippen LogP contribution in [-0.2, 0) is 0 Å². The van der Waals surface area contributed by atoms with Crippen molar-refractivity contribution >= 4 is 17.4 Å². The molecule has 0 atom stereocenters. The minimum Gasteiger partial charge on any atom is -0.504 e. The van der Waals surface area contributed by atoms with Gasteiger partial charge < -0.3 is 26.0 Å². The lowest BCUT2D eigenvalue weighted by molar-refractivity contribution is 0.262. The molecule has 2 aromatic carbocycles. The minimum absolute atomic E-state index is 0.0785. The Morgan fingerprint density at radius 2 is 1.67 bits per heavy atom. The van der Waals surface area contributed by atoms with Crippen LogP contribution in [0.15, 0.2) is 36.4 Å². The van der Waals surface area contributed by atoms with Crippen molar-refractivity contribution in [2.45, 2.75) is 0 Å². The quantitative estimate of drug-likeness (QED) is 0.427. The first-order valence-electron chi connectivity index (χ1n) is 5.83. The van der Waals surface area contributed by atoms with Gasteiger partial charge in [0, 0.05) is 12.1 Å². The summed E-state index contributed by atoms with van der Waals surface area (Å²) >= 11 is 0. The summed E-state index contributed by atoms with van der Waals surface area (Å²) in [6.45, 7) is 0. The topological polar surface area (TPSA) is 126 Å². The van der Waals surface area contributed by atoms with Crippen LogP contribution in [0.5, 0.6) is 17.2 Å². The van der Waals surface area contributed by atoms with Gasteiger partial charge in [-0.1, -0.05) is 12.1 Å². The minimum atomic E-state index is -0.671. The Balaban J connectivity index is 2.14. The highest BCUT2D eigenvalue weighted by Crippen LogP contribution is 2.37. The van der Waals surface area contributed by atoms with Crippen LogP contribution in [0.1, 0.15) is 5.56 Å². The van der Waals surface area contributed by atoms with Gasteiger partial charge in [-0.15, -0.1) is 0 Å². The number of hydrogen-bond acceptors (Lipinski definition) is 5. The number of nitriles is 1. The van der Waals surface area contributed by atoms with Crippen LogP contribution in [0, 0.1) is 11.3 Å². The molecule has 0 aliphatic heterocycles. The van der Waals surface area contributed by atoms with Gasteiger partial charge in [0.15, 0.2) is 17.2 Å². The van der Waals surface area contributed by atoms with Crippen molar-refractivity contribution in [1.29, 1.82) is 5.26 Å². The molecular weight excluding hydrogens is 274 g/mol. The van der Waals surface area contributed by atoms with E-state index in [9.17, 15) is 20.1 Å². The van der Waals surface area contributed by atoms with Gasteiger partial charge >= 0.3 is 6.03 Å². The fraction of sp³-hybridized carbons (Fsp3) is 0. The molecule has 0 aromatic heterocycles. The average molecular weight is 285 g/mol. The molecule has 2 aromatic rings. The first-order valence-corrected chi connectivity index (χ1v) is 5.83. The van der Waals surface area contributed by atoms with Gasteiger partial charge in [0.2, 0.25) is 0 Å². The van der Waals surface area contributed by atoms with E-state index < -0.39 is 23.3 Å². The molecule has 0 fully saturated rings. The van der Waals surface area contributed by atoms with Gasteiger partial charge in [0.1, 0.15) is 6.07 Å². The molecule has 0 unspecified atom stereocenters. The van der Waals surface area contributed by atoms with Crippen molar-refractivity contribution in [2.24, 2.45) is 0 Å². The summed E-state index contributed by atoms with van der Waals surface area (Å²) in [6.07, 6.45) is 0. The molecular formula is C14H11N3O4. The number of carbonyl (C=O) groups excluding carboxylic acids is 1. The van der Waals surface area contributed by atoms with E-state index in [4.69, 9.17) is 5.26 Å². The van der Waals surface area contributed by atoms with E-state index in [1.165, 1.54) is 0 Å². The summed E-state index contributed by atoms with van der Waals surface area (Å²) < 4.78 is 0. The smallest absolute Gasteiger partial charge is 0.323 e. The number of aromatic hydroxyl groups is 3. The van der Waals surface area contributed by atoms with Crippen LogP contribution >= 0.6 is 0 Å². The first-order chi connectivity index (χ1) is 10.0. The maximum Gasteiger partial charge on any atom is 0.323 e. The second-order valence-electron chi connectivity index (χ2n) is 4.10. The standard InChI is InChI=1S/C14H11N3O4/c15-7-8-3-1-2-4-10(8)17-14(21)16-9-5-11(18)13(20)12(19)6-9/h1-6,18-20H,(H2,16,17,21). The van der Waals surface area contributed by atoms with E-state index in [-0.39, 0.29) is 5.69 Å². The van der Waals surface area contributed by atoms with Crippen LogP contribution in [0.3, 0.4) is 0 Å². The molecule has 0 bridgehead atoms. The van der Waals surface area contributed by atoms with Crippen LogP contribution in [0.25, 0.3) is 0 Å². The highest BCUT2D eigenvalue weighted by molar-refractivity contribution is 6.00. The van der Waals surface area contributed by atoms with Gasteiger partial charge in [0.25, 0.3) is 0 Å². The predicted octanol–water partition coefficient (Wildman–Crippen LogP) is 2.32. The van der Waals surface area contributed by atoms with E-state index in [2.05, 4.69) is 10.6 Å². The monoisotopic (exact) mass is 285 g/mol. The number of hydrogen-bond donors (Lipinski definition) is 5. The lowest BCUT2D eigenvalue weighted by Crippen LogP contribution is -2.19. The number of amides is 2. The lowest BCUT2D eigenvalue weighted by atomic mass is 10.2. The molecule has 0 saturated heterocycles. The van der Waals surface area contributed by atoms with E-state index in [0.717, 1.165) is 12.1 Å². The van der Waals surface area contributed by atoms with Gasteiger partial charge in [-0.3, -0.25) is 0 Å². The second kappa shape index (κ2) is 5.71. The fourth-order valence-corrected chi connectivity index (χ4v) is 1.65. The summed E-state index contributed by atoms with van der Waals surface area (Å²) in [4.78, 5) is 11.8. The molecule has 2 rings (SSSR count). The fourth-order valence-electron chi connectivity index (χ4n) is 1.65. The molecule has 0 aliphatic rings. The number of anilines is 2. The highest BCUT2D eigenvalue weighted by Gasteiger charge is 2.11. The zero-order valence-corrected chi connectivity index (χ0v) is 10.7. The van der Waals surface area contributed by atoms with E-state index in [0.29, 0.717) is 11.3 Å². The number of nitrogens with one attached hydrogen (secondary N) is 2. The van der Waals surface area contributed by atoms with Gasteiger partial charge in [-0.05, 0) is 12.1 Å². The molecule has 0 saturated carbocycles. The van der Waals surface area contributed by atoms with Crippen LogP contribution in [-0.4, -0.2) is 21.4 Å². The van der Waals surface area contributed by atoms with Gasteiger partial charge in [0.05, 0.1) is 16.9 Å². The zero-order chi connectivity index (χ0) is 15.4. The third kappa shape index (κ3) is 3.13. The summed E-state index contributed by atoms with van der Waals surface area (Å²) in [7, 11) is 0. The largest absolute Gasteiger partial charge is 0.504 e. The average Bonchev–Trinajstić information content (AvgIpc) is 2.45. The molecule has 5 N–H and O–H groups in total. The molecule has 7 nitrogen and oxygen atoms in total. The molecule has 106 valence electrons. The lowest BCUT2D eigenvalue weighted by Gasteiger charge is -2.10. The van der Waals surface area contributed by atoms with Crippen molar-refractivity contribution in [2.75, 3.05) is 10.6 Å². The normalized spacial score (nSPS) is 9.67. The Morgan fingerprint density at radius 1 is 1.05 bits per heavy atom. The van der Waals surface area contributed by atoms with Gasteiger partial charge in [-0.25, -0.2) is 4.79 Å². The summed E-state index contributed by atoms with van der Waals surface area (Å²) in [6, 6.07) is 9.85. The summed E-state index contributed by atoms with van der Waals surface area (Å²) in [5.41, 5.74) is 0.698. The highest BCUT2D eigenvalue weighted by atomic mass is 16.3. The van der Waals surface area contributed by atoms with Crippen LogP contribution < -0.4 is 10.6 Å². The third-order valence-corrected chi connectivity index (χ3v) is 2.62. The Morgan fingerprint density at radius 3 is 2.29 bits per heavy atom. The predicted molar refractivity (Wildman–Crippen MR) is 75.2 cm³/mol. The maximum absolute atomic E-state index is 11.8. The molecule has 0 aliphatic carbocycles. The molecule has 0 spiro atoms. The van der Waals surface area contributed by atoms with Crippen LogP contribution in [0.2, 0.25) is 0 Å². The van der Waals surface area contributed by atoms with E-state index in [1.807, 2.05) is 6.07 Å². The summed E-state index contributed by atoms with van der Waals surface area (Å²) in [5.74, 6) is -1.80. The van der Waals surface area contributed by atoms with Crippen LogP contribution in [0.4, 0.5) is 16.2 Å². The maximum atomic E-state index is 11.8. The van der Waals surface area contributed by atoms with E-state index >= 15 is 0 Å². The van der Waals surface area contributed by atoms with Crippen molar-refractivity contribution in [1.82, 2.24) is 0 Å². The number of phenolic OH excluding ortho intramolecular Hbond substituents is 3. The zero-order valence-electron chi connectivity index (χ0n) is 10.7. The molecule has 0 radical (unpaired) electrons. The van der Waals surface area contributed by atoms with Crippen molar-refractivity contribution in [3.05, 3.63) is 42.0 Å². The number of benzene rings is 2. The number of phenols is 3. The SMILES string of the molecule is N#Cc1ccccc1NC(=O)Nc1cc(O)c(O)c(O)c1. The third-order valence-electron chi connectivity index (χ3n) is 2.62. The summed E-state index contributed by atoms with van der Waals surface area (Å²) in [5, 5.41) is 41.6. The number of para-hydroxylation sites is 1. The number of rotatable bonds is 2. The first kappa shape index (κ1) is 14.0. The Bertz CT molecular complexity index is 714. The second-order valence-corrected chi connectivity index (χ2v) is 4.10. The molecule has 2 amide bonds. The Labute approximate surface area is 119 Å². The van der Waals surface area contributed by atoms with Crippen molar-refractivity contribution in [3.8, 4) is 23.3 Å². The Kier molecular flexibility index (Phi) is 3.81. The number of urea groups is 1. The van der Waals surface area contributed by atoms with Crippen molar-refractivity contribution in [3.63, 3.8) is 0 Å². The number of nitrogens with zero attached hydrogens (tertiary/aromatic N) is 1. The molecule has 21 heavy (non-hydrogen) atoms. The molecule has 7 heteroatoms. The Hall–Kier alpha value is -3.40. The van der Waals surface area contributed by atoms with E-state index in [1.54, 1.807) is 24.3 Å². The van der Waals surface area contributed by atoms with Gasteiger partial charge in [-0.2, -0.15) is 5.26 Å². The molecule has 0 heterocycles. The number of carbonyl (C=O) groups is 1. The van der Waals surface area contributed by atoms with Crippen molar-refractivity contribution < 1.29 is 20.1 Å².